The topological polar surface area (TPSA) is 72.2 Å². The molecule has 1 fully saturated rings. The first kappa shape index (κ1) is 20.7. The number of hydrogen-bond acceptors (Lipinski definition) is 6. The molecule has 1 aromatic heterocycles. The molecular formula is C25H26N2O5. The van der Waals surface area contributed by atoms with E-state index in [1.165, 1.54) is 0 Å². The van der Waals surface area contributed by atoms with Gasteiger partial charge in [0.05, 0.1) is 37.3 Å². The Morgan fingerprint density at radius 2 is 1.84 bits per heavy atom. The van der Waals surface area contributed by atoms with Gasteiger partial charge in [-0.05, 0) is 36.2 Å². The standard InChI is InChI=1S/C25H26N2O5/c1-30-18-7-4-6-17(16-18)22-21-23(28)19-8-2-3-9-20(19)32-24(21)25(29)27(22)11-5-10-26-12-14-31-15-13-26/h2-4,6-9,16,22H,5,10-15H2,1H3/t22-/m0/s1. The van der Waals surface area contributed by atoms with Crippen LogP contribution in [0.1, 0.15) is 34.1 Å². The highest BCUT2D eigenvalue weighted by molar-refractivity contribution is 5.99. The fraction of sp³-hybridized carbons (Fsp3) is 0.360. The molecule has 7 heteroatoms. The first-order valence-corrected chi connectivity index (χ1v) is 11.0. The van der Waals surface area contributed by atoms with Crippen molar-refractivity contribution < 1.29 is 18.7 Å². The van der Waals surface area contributed by atoms with E-state index in [9.17, 15) is 9.59 Å². The second kappa shape index (κ2) is 8.76. The lowest BCUT2D eigenvalue weighted by atomic mass is 9.98. The highest BCUT2D eigenvalue weighted by Gasteiger charge is 2.42. The number of hydrogen-bond donors (Lipinski definition) is 0. The Balaban J connectivity index is 1.53. The number of carbonyl (C=O) groups excluding carboxylic acids is 1. The second-order valence-electron chi connectivity index (χ2n) is 8.16. The van der Waals surface area contributed by atoms with Gasteiger partial charge >= 0.3 is 0 Å². The number of amides is 1. The van der Waals surface area contributed by atoms with Crippen LogP contribution in [-0.2, 0) is 4.74 Å². The van der Waals surface area contributed by atoms with E-state index in [4.69, 9.17) is 13.9 Å². The average molecular weight is 434 g/mol. The van der Waals surface area contributed by atoms with E-state index in [1.54, 1.807) is 30.2 Å². The summed E-state index contributed by atoms with van der Waals surface area (Å²) in [6.45, 7) is 4.69. The number of para-hydroxylation sites is 1. The molecule has 3 heterocycles. The first-order chi connectivity index (χ1) is 15.7. The van der Waals surface area contributed by atoms with Crippen LogP contribution in [0.5, 0.6) is 5.75 Å². The lowest BCUT2D eigenvalue weighted by molar-refractivity contribution is 0.0353. The SMILES string of the molecule is COc1cccc([C@H]2c3c(oc4ccccc4c3=O)C(=O)N2CCCN2CCOCC2)c1. The molecular weight excluding hydrogens is 408 g/mol. The molecule has 2 aliphatic heterocycles. The van der Waals surface area contributed by atoms with Gasteiger partial charge in [0.2, 0.25) is 5.76 Å². The predicted octanol–water partition coefficient (Wildman–Crippen LogP) is 3.07. The maximum Gasteiger partial charge on any atom is 0.290 e. The van der Waals surface area contributed by atoms with E-state index in [0.717, 1.165) is 44.8 Å². The molecule has 0 unspecified atom stereocenters. The molecule has 32 heavy (non-hydrogen) atoms. The molecule has 5 rings (SSSR count). The lowest BCUT2D eigenvalue weighted by Gasteiger charge is -2.29. The normalized spacial score (nSPS) is 18.8. The molecule has 2 aromatic carbocycles. The van der Waals surface area contributed by atoms with Gasteiger partial charge in [0.1, 0.15) is 11.3 Å². The highest BCUT2D eigenvalue weighted by atomic mass is 16.5. The van der Waals surface area contributed by atoms with Crippen LogP contribution >= 0.6 is 0 Å². The summed E-state index contributed by atoms with van der Waals surface area (Å²) in [4.78, 5) is 31.0. The summed E-state index contributed by atoms with van der Waals surface area (Å²) in [5, 5.41) is 0.488. The lowest BCUT2D eigenvalue weighted by Crippen LogP contribution is -2.38. The Hall–Kier alpha value is -3.16. The molecule has 7 nitrogen and oxygen atoms in total. The highest BCUT2D eigenvalue weighted by Crippen LogP contribution is 2.39. The fourth-order valence-electron chi connectivity index (χ4n) is 4.65. The molecule has 3 aromatic rings. The second-order valence-corrected chi connectivity index (χ2v) is 8.16. The van der Waals surface area contributed by atoms with Crippen molar-refractivity contribution in [1.82, 2.24) is 9.80 Å². The van der Waals surface area contributed by atoms with E-state index in [0.29, 0.717) is 28.8 Å². The molecule has 0 spiro atoms. The van der Waals surface area contributed by atoms with Gasteiger partial charge in [-0.25, -0.2) is 0 Å². The van der Waals surface area contributed by atoms with E-state index < -0.39 is 6.04 Å². The Morgan fingerprint density at radius 3 is 2.66 bits per heavy atom. The van der Waals surface area contributed by atoms with Crippen molar-refractivity contribution in [2.24, 2.45) is 0 Å². The molecule has 0 aliphatic carbocycles. The van der Waals surface area contributed by atoms with Crippen molar-refractivity contribution in [2.75, 3.05) is 46.5 Å². The molecule has 0 bridgehead atoms. The molecule has 1 amide bonds. The number of methoxy groups -OCH3 is 1. The van der Waals surface area contributed by atoms with Gasteiger partial charge < -0.3 is 18.8 Å². The van der Waals surface area contributed by atoms with Crippen molar-refractivity contribution >= 4 is 16.9 Å². The third-order valence-electron chi connectivity index (χ3n) is 6.26. The number of benzene rings is 2. The van der Waals surface area contributed by atoms with Crippen molar-refractivity contribution in [1.29, 1.82) is 0 Å². The summed E-state index contributed by atoms with van der Waals surface area (Å²) in [6.07, 6.45) is 0.800. The van der Waals surface area contributed by atoms with Crippen LogP contribution in [0.15, 0.2) is 57.7 Å². The number of nitrogens with zero attached hydrogens (tertiary/aromatic N) is 2. The Labute approximate surface area is 186 Å². The van der Waals surface area contributed by atoms with Crippen molar-refractivity contribution in [3.8, 4) is 5.75 Å². The monoisotopic (exact) mass is 434 g/mol. The van der Waals surface area contributed by atoms with E-state index in [1.807, 2.05) is 30.3 Å². The molecule has 0 saturated carbocycles. The minimum Gasteiger partial charge on any atom is -0.497 e. The van der Waals surface area contributed by atoms with Gasteiger partial charge in [-0.2, -0.15) is 0 Å². The Morgan fingerprint density at radius 1 is 1.03 bits per heavy atom. The largest absolute Gasteiger partial charge is 0.497 e. The van der Waals surface area contributed by atoms with Crippen LogP contribution < -0.4 is 10.2 Å². The third kappa shape index (κ3) is 3.67. The summed E-state index contributed by atoms with van der Waals surface area (Å²) >= 11 is 0. The minimum atomic E-state index is -0.502. The van der Waals surface area contributed by atoms with Gasteiger partial charge in [0.25, 0.3) is 5.91 Å². The maximum atomic E-state index is 13.5. The van der Waals surface area contributed by atoms with Gasteiger partial charge in [-0.3, -0.25) is 14.5 Å². The number of morpholine rings is 1. The van der Waals surface area contributed by atoms with Crippen LogP contribution in [0.2, 0.25) is 0 Å². The number of carbonyl (C=O) groups is 1. The van der Waals surface area contributed by atoms with E-state index in [2.05, 4.69) is 4.90 Å². The smallest absolute Gasteiger partial charge is 0.290 e. The summed E-state index contributed by atoms with van der Waals surface area (Å²) in [6, 6.07) is 14.1. The van der Waals surface area contributed by atoms with Crippen molar-refractivity contribution in [2.45, 2.75) is 12.5 Å². The molecule has 1 saturated heterocycles. The molecule has 2 aliphatic rings. The van der Waals surface area contributed by atoms with Crippen molar-refractivity contribution in [3.05, 3.63) is 75.6 Å². The summed E-state index contributed by atoms with van der Waals surface area (Å²) in [7, 11) is 1.61. The van der Waals surface area contributed by atoms with Crippen LogP contribution in [0, 0.1) is 0 Å². The predicted molar refractivity (Wildman–Crippen MR) is 120 cm³/mol. The van der Waals surface area contributed by atoms with Gasteiger partial charge in [-0.1, -0.05) is 24.3 Å². The quantitative estimate of drug-likeness (QED) is 0.594. The maximum absolute atomic E-state index is 13.5. The fourth-order valence-corrected chi connectivity index (χ4v) is 4.65. The molecule has 0 radical (unpaired) electrons. The number of ether oxygens (including phenoxy) is 2. The Bertz CT molecular complexity index is 1200. The van der Waals surface area contributed by atoms with E-state index >= 15 is 0 Å². The average Bonchev–Trinajstić information content (AvgIpc) is 3.12. The van der Waals surface area contributed by atoms with E-state index in [-0.39, 0.29) is 17.1 Å². The minimum absolute atomic E-state index is 0.146. The zero-order valence-electron chi connectivity index (χ0n) is 18.1. The van der Waals surface area contributed by atoms with Crippen LogP contribution in [-0.4, -0.2) is 62.2 Å². The summed E-state index contributed by atoms with van der Waals surface area (Å²) in [5.74, 6) is 0.590. The molecule has 166 valence electrons. The molecule has 1 atom stereocenters. The zero-order chi connectivity index (χ0) is 22.1. The van der Waals surface area contributed by atoms with Gasteiger partial charge in [0.15, 0.2) is 5.43 Å². The number of fused-ring (bicyclic) bond motifs is 2. The van der Waals surface area contributed by atoms with Gasteiger partial charge in [0, 0.05) is 26.2 Å². The van der Waals surface area contributed by atoms with Crippen LogP contribution in [0.3, 0.4) is 0 Å². The number of rotatable bonds is 6. The third-order valence-corrected chi connectivity index (χ3v) is 6.26. The Kier molecular flexibility index (Phi) is 5.68. The first-order valence-electron chi connectivity index (χ1n) is 11.0. The van der Waals surface area contributed by atoms with Crippen LogP contribution in [0.25, 0.3) is 11.0 Å². The summed E-state index contributed by atoms with van der Waals surface area (Å²) < 4.78 is 16.8. The van der Waals surface area contributed by atoms with Crippen LogP contribution in [0.4, 0.5) is 0 Å². The van der Waals surface area contributed by atoms with Crippen molar-refractivity contribution in [3.63, 3.8) is 0 Å². The molecule has 0 N–H and O–H groups in total. The zero-order valence-corrected chi connectivity index (χ0v) is 18.1. The van der Waals surface area contributed by atoms with Gasteiger partial charge in [-0.15, -0.1) is 0 Å². The summed E-state index contributed by atoms with van der Waals surface area (Å²) in [5.41, 5.74) is 1.53.